The number of carbonyl (C=O) groups excluding carboxylic acids is 3. The van der Waals surface area contributed by atoms with Gasteiger partial charge >= 0.3 is 17.9 Å². The van der Waals surface area contributed by atoms with E-state index in [1.165, 1.54) is 32.5 Å². The van der Waals surface area contributed by atoms with Gasteiger partial charge in [-0.3, -0.25) is 14.4 Å². The summed E-state index contributed by atoms with van der Waals surface area (Å²) in [6, 6.07) is 19.0. The van der Waals surface area contributed by atoms with Crippen molar-refractivity contribution < 1.29 is 38.1 Å². The first-order chi connectivity index (χ1) is 16.3. The van der Waals surface area contributed by atoms with Crippen LogP contribution in [0.5, 0.6) is 0 Å². The molecule has 3 rings (SSSR count). The summed E-state index contributed by atoms with van der Waals surface area (Å²) in [7, 11) is 0. The standard InChI is InChI=1S/C25H28O8S/c1-16(26)30-22-21(15-29-14-19-10-6-4-7-11-19)33-25(34-20-12-8-5-9-13-20)24(32-18(3)28)23(22)31-17(2)27/h4-13,21-25H,14-15H2,1-3H3/t21-,22+,23+,24-,25+/m1/s1. The fourth-order valence-corrected chi connectivity index (χ4v) is 4.71. The zero-order valence-electron chi connectivity index (χ0n) is 19.2. The summed E-state index contributed by atoms with van der Waals surface area (Å²) in [5, 5.41) is 0. The predicted molar refractivity (Wildman–Crippen MR) is 124 cm³/mol. The summed E-state index contributed by atoms with van der Waals surface area (Å²) in [6.45, 7) is 4.12. The van der Waals surface area contributed by atoms with Crippen molar-refractivity contribution in [2.24, 2.45) is 0 Å². The Labute approximate surface area is 202 Å². The lowest BCUT2D eigenvalue weighted by Crippen LogP contribution is -2.61. The van der Waals surface area contributed by atoms with Crippen molar-refractivity contribution >= 4 is 29.7 Å². The molecular formula is C25H28O8S. The summed E-state index contributed by atoms with van der Waals surface area (Å²) in [5.74, 6) is -1.77. The second-order valence-electron chi connectivity index (χ2n) is 7.70. The average molecular weight is 489 g/mol. The molecule has 8 nitrogen and oxygen atoms in total. The molecule has 0 saturated carbocycles. The van der Waals surface area contributed by atoms with E-state index in [9.17, 15) is 14.4 Å². The molecule has 0 N–H and O–H groups in total. The quantitative estimate of drug-likeness (QED) is 0.388. The van der Waals surface area contributed by atoms with Gasteiger partial charge < -0.3 is 23.7 Å². The molecule has 0 aliphatic carbocycles. The highest BCUT2D eigenvalue weighted by molar-refractivity contribution is 7.99. The number of carbonyl (C=O) groups is 3. The molecule has 1 fully saturated rings. The molecule has 2 aromatic carbocycles. The van der Waals surface area contributed by atoms with E-state index in [1.54, 1.807) is 0 Å². The first kappa shape index (κ1) is 25.7. The number of ether oxygens (including phenoxy) is 5. The number of thioether (sulfide) groups is 1. The molecule has 9 heteroatoms. The Morgan fingerprint density at radius 3 is 1.88 bits per heavy atom. The van der Waals surface area contributed by atoms with Gasteiger partial charge in [-0.15, -0.1) is 0 Å². The van der Waals surface area contributed by atoms with E-state index in [0.717, 1.165) is 10.5 Å². The molecule has 1 saturated heterocycles. The van der Waals surface area contributed by atoms with Crippen LogP contribution in [0.25, 0.3) is 0 Å². The van der Waals surface area contributed by atoms with Crippen LogP contribution in [-0.4, -0.2) is 54.4 Å². The van der Waals surface area contributed by atoms with Gasteiger partial charge in [0, 0.05) is 25.7 Å². The van der Waals surface area contributed by atoms with Crippen molar-refractivity contribution in [1.82, 2.24) is 0 Å². The molecule has 0 aromatic heterocycles. The molecule has 0 amide bonds. The predicted octanol–water partition coefficient (Wildman–Crippen LogP) is 3.52. The Bertz CT molecular complexity index is 952. The van der Waals surface area contributed by atoms with Crippen molar-refractivity contribution in [2.45, 2.75) is 62.1 Å². The summed E-state index contributed by atoms with van der Waals surface area (Å²) in [5.41, 5.74) is 0.222. The Morgan fingerprint density at radius 1 is 0.765 bits per heavy atom. The van der Waals surface area contributed by atoms with Crippen LogP contribution in [0, 0.1) is 0 Å². The Morgan fingerprint density at radius 2 is 1.29 bits per heavy atom. The molecule has 182 valence electrons. The molecule has 1 aliphatic rings. The average Bonchev–Trinajstić information content (AvgIpc) is 2.79. The van der Waals surface area contributed by atoms with Gasteiger partial charge in [-0.1, -0.05) is 60.3 Å². The van der Waals surface area contributed by atoms with Crippen molar-refractivity contribution in [3.63, 3.8) is 0 Å². The molecule has 0 radical (unpaired) electrons. The van der Waals surface area contributed by atoms with Crippen LogP contribution in [0.4, 0.5) is 0 Å². The van der Waals surface area contributed by atoms with Crippen LogP contribution < -0.4 is 0 Å². The van der Waals surface area contributed by atoms with Gasteiger partial charge in [-0.05, 0) is 17.7 Å². The lowest BCUT2D eigenvalue weighted by Gasteiger charge is -2.44. The number of hydrogen-bond acceptors (Lipinski definition) is 9. The van der Waals surface area contributed by atoms with Crippen LogP contribution >= 0.6 is 11.8 Å². The van der Waals surface area contributed by atoms with Gasteiger partial charge in [-0.2, -0.15) is 0 Å². The maximum Gasteiger partial charge on any atom is 0.303 e. The third kappa shape index (κ3) is 7.58. The van der Waals surface area contributed by atoms with Crippen LogP contribution in [0.15, 0.2) is 65.6 Å². The lowest BCUT2D eigenvalue weighted by atomic mass is 9.99. The fourth-order valence-electron chi connectivity index (χ4n) is 3.58. The highest BCUT2D eigenvalue weighted by Gasteiger charge is 2.52. The monoisotopic (exact) mass is 488 g/mol. The lowest BCUT2D eigenvalue weighted by molar-refractivity contribution is -0.238. The minimum Gasteiger partial charge on any atom is -0.456 e. The number of rotatable bonds is 9. The second kappa shape index (κ2) is 12.5. The summed E-state index contributed by atoms with van der Waals surface area (Å²) >= 11 is 1.31. The van der Waals surface area contributed by atoms with E-state index in [0.29, 0.717) is 6.61 Å². The van der Waals surface area contributed by atoms with Crippen molar-refractivity contribution in [1.29, 1.82) is 0 Å². The van der Waals surface area contributed by atoms with Crippen LogP contribution in [0.1, 0.15) is 26.3 Å². The first-order valence-electron chi connectivity index (χ1n) is 10.8. The van der Waals surface area contributed by atoms with Gasteiger partial charge in [0.05, 0.1) is 13.2 Å². The SMILES string of the molecule is CC(=O)O[C@H]1[C@@H](OC(C)=O)[C@@H](COCc2ccccc2)O[C@@H](Sc2ccccc2)[C@@H]1OC(C)=O. The van der Waals surface area contributed by atoms with Crippen molar-refractivity contribution in [3.05, 3.63) is 66.2 Å². The van der Waals surface area contributed by atoms with Crippen molar-refractivity contribution in [3.8, 4) is 0 Å². The first-order valence-corrected chi connectivity index (χ1v) is 11.7. The fraction of sp³-hybridized carbons (Fsp3) is 0.400. The maximum atomic E-state index is 12.0. The number of hydrogen-bond donors (Lipinski definition) is 0. The Kier molecular flexibility index (Phi) is 9.50. The largest absolute Gasteiger partial charge is 0.456 e. The highest BCUT2D eigenvalue weighted by Crippen LogP contribution is 2.37. The third-order valence-electron chi connectivity index (χ3n) is 4.89. The van der Waals surface area contributed by atoms with E-state index in [2.05, 4.69) is 0 Å². The molecule has 1 heterocycles. The second-order valence-corrected chi connectivity index (χ2v) is 8.87. The van der Waals surface area contributed by atoms with E-state index in [4.69, 9.17) is 23.7 Å². The van der Waals surface area contributed by atoms with Crippen LogP contribution in [0.3, 0.4) is 0 Å². The summed E-state index contributed by atoms with van der Waals surface area (Å²) < 4.78 is 28.7. The van der Waals surface area contributed by atoms with E-state index in [-0.39, 0.29) is 6.61 Å². The zero-order chi connectivity index (χ0) is 24.5. The van der Waals surface area contributed by atoms with E-state index in [1.807, 2.05) is 60.7 Å². The molecule has 1 aliphatic heterocycles. The third-order valence-corrected chi connectivity index (χ3v) is 6.04. The minimum absolute atomic E-state index is 0.0588. The molecule has 5 atom stereocenters. The molecule has 0 unspecified atom stereocenters. The minimum atomic E-state index is -1.08. The summed E-state index contributed by atoms with van der Waals surface area (Å²) in [4.78, 5) is 36.7. The van der Waals surface area contributed by atoms with Gasteiger partial charge in [0.1, 0.15) is 11.5 Å². The topological polar surface area (TPSA) is 97.4 Å². The Hall–Kier alpha value is -2.88. The number of esters is 3. The highest BCUT2D eigenvalue weighted by atomic mass is 32.2. The number of benzene rings is 2. The van der Waals surface area contributed by atoms with Gasteiger partial charge in [-0.25, -0.2) is 0 Å². The van der Waals surface area contributed by atoms with E-state index >= 15 is 0 Å². The molecule has 0 spiro atoms. The normalized spacial score (nSPS) is 24.1. The van der Waals surface area contributed by atoms with E-state index < -0.39 is 47.8 Å². The van der Waals surface area contributed by atoms with Gasteiger partial charge in [0.25, 0.3) is 0 Å². The van der Waals surface area contributed by atoms with Crippen LogP contribution in [0.2, 0.25) is 0 Å². The molecular weight excluding hydrogens is 460 g/mol. The molecule has 2 aromatic rings. The Balaban J connectivity index is 1.88. The van der Waals surface area contributed by atoms with Crippen LogP contribution in [-0.2, 0) is 44.7 Å². The smallest absolute Gasteiger partial charge is 0.303 e. The zero-order valence-corrected chi connectivity index (χ0v) is 20.1. The van der Waals surface area contributed by atoms with Gasteiger partial charge in [0.2, 0.25) is 0 Å². The summed E-state index contributed by atoms with van der Waals surface area (Å²) in [6.07, 6.45) is -3.90. The molecule has 34 heavy (non-hydrogen) atoms. The van der Waals surface area contributed by atoms with Gasteiger partial charge in [0.15, 0.2) is 18.3 Å². The maximum absolute atomic E-state index is 12.0. The van der Waals surface area contributed by atoms with Crippen molar-refractivity contribution in [2.75, 3.05) is 6.61 Å². The molecule has 0 bridgehead atoms.